The Labute approximate surface area is 189 Å². The number of aliphatic hydroxyl groups is 2. The molecule has 7 heteroatoms. The zero-order valence-electron chi connectivity index (χ0n) is 19.6. The average Bonchev–Trinajstić information content (AvgIpc) is 2.98. The number of hydrogen-bond acceptors (Lipinski definition) is 7. The fourth-order valence-corrected chi connectivity index (χ4v) is 7.98. The maximum atomic E-state index is 12.6. The molecule has 4 aliphatic rings. The van der Waals surface area contributed by atoms with E-state index >= 15 is 0 Å². The lowest BCUT2D eigenvalue weighted by molar-refractivity contribution is -0.194. The molecule has 0 aliphatic heterocycles. The molecule has 3 fully saturated rings. The van der Waals surface area contributed by atoms with Crippen molar-refractivity contribution in [1.29, 1.82) is 0 Å². The Hall–Kier alpha value is -1.73. The molecule has 0 saturated heterocycles. The highest BCUT2D eigenvalue weighted by Crippen LogP contribution is 2.67. The van der Waals surface area contributed by atoms with Gasteiger partial charge in [0.25, 0.3) is 0 Å². The van der Waals surface area contributed by atoms with Crippen molar-refractivity contribution in [3.05, 3.63) is 11.6 Å². The van der Waals surface area contributed by atoms with E-state index in [0.29, 0.717) is 25.7 Å². The van der Waals surface area contributed by atoms with Crippen LogP contribution in [0.5, 0.6) is 0 Å². The second-order valence-corrected chi connectivity index (χ2v) is 10.9. The molecular formula is C25H36O7. The third-order valence-corrected chi connectivity index (χ3v) is 9.38. The van der Waals surface area contributed by atoms with Crippen LogP contribution >= 0.6 is 0 Å². The summed E-state index contributed by atoms with van der Waals surface area (Å²) in [6.45, 7) is 6.32. The van der Waals surface area contributed by atoms with Gasteiger partial charge in [-0.25, -0.2) is 0 Å². The Morgan fingerprint density at radius 2 is 1.78 bits per heavy atom. The second-order valence-electron chi connectivity index (χ2n) is 10.9. The molecule has 8 atom stereocenters. The molecule has 2 N–H and O–H groups in total. The van der Waals surface area contributed by atoms with Crippen LogP contribution in [-0.2, 0) is 23.9 Å². The van der Waals surface area contributed by atoms with E-state index < -0.39 is 29.5 Å². The lowest BCUT2D eigenvalue weighted by Crippen LogP contribution is -2.62. The number of carbonyl (C=O) groups excluding carboxylic acids is 3. The smallest absolute Gasteiger partial charge is 0.302 e. The predicted molar refractivity (Wildman–Crippen MR) is 115 cm³/mol. The van der Waals surface area contributed by atoms with Crippen LogP contribution in [0.25, 0.3) is 0 Å². The minimum absolute atomic E-state index is 0.0781. The van der Waals surface area contributed by atoms with Crippen molar-refractivity contribution >= 4 is 17.7 Å². The van der Waals surface area contributed by atoms with E-state index in [9.17, 15) is 24.6 Å². The first kappa shape index (κ1) is 23.4. The van der Waals surface area contributed by atoms with Crippen molar-refractivity contribution in [2.75, 3.05) is 6.61 Å². The van der Waals surface area contributed by atoms with E-state index in [1.54, 1.807) is 0 Å². The first-order valence-electron chi connectivity index (χ1n) is 11.9. The van der Waals surface area contributed by atoms with Crippen molar-refractivity contribution in [1.82, 2.24) is 0 Å². The second kappa shape index (κ2) is 7.94. The molecule has 32 heavy (non-hydrogen) atoms. The number of ketones is 1. The van der Waals surface area contributed by atoms with E-state index in [1.807, 2.05) is 6.92 Å². The molecule has 0 spiro atoms. The molecule has 4 aliphatic carbocycles. The lowest BCUT2D eigenvalue weighted by Gasteiger charge is -2.60. The Balaban J connectivity index is 1.73. The van der Waals surface area contributed by atoms with Gasteiger partial charge in [0.1, 0.15) is 24.4 Å². The fraction of sp³-hybridized carbons (Fsp3) is 0.800. The fourth-order valence-electron chi connectivity index (χ4n) is 7.98. The summed E-state index contributed by atoms with van der Waals surface area (Å²) in [5, 5.41) is 21.0. The van der Waals surface area contributed by atoms with E-state index in [0.717, 1.165) is 19.3 Å². The summed E-state index contributed by atoms with van der Waals surface area (Å²) >= 11 is 0. The molecule has 3 saturated carbocycles. The number of ether oxygens (including phenoxy) is 2. The summed E-state index contributed by atoms with van der Waals surface area (Å²) in [7, 11) is 0. The van der Waals surface area contributed by atoms with Gasteiger partial charge in [-0.1, -0.05) is 25.5 Å². The highest BCUT2D eigenvalue weighted by atomic mass is 16.5. The zero-order valence-corrected chi connectivity index (χ0v) is 19.6. The number of fused-ring (bicyclic) bond motifs is 5. The molecule has 0 aromatic carbocycles. The summed E-state index contributed by atoms with van der Waals surface area (Å²) < 4.78 is 11.4. The molecule has 0 aromatic heterocycles. The van der Waals surface area contributed by atoms with E-state index in [-0.39, 0.29) is 41.2 Å². The van der Waals surface area contributed by atoms with Crippen LogP contribution < -0.4 is 0 Å². The first-order valence-corrected chi connectivity index (χ1v) is 11.9. The number of aliphatic hydroxyl groups excluding tert-OH is 1. The monoisotopic (exact) mass is 448 g/mol. The van der Waals surface area contributed by atoms with Gasteiger partial charge in [-0.3, -0.25) is 14.4 Å². The van der Waals surface area contributed by atoms with Gasteiger partial charge in [-0.05, 0) is 55.8 Å². The lowest BCUT2D eigenvalue weighted by atomic mass is 9.46. The van der Waals surface area contributed by atoms with Crippen molar-refractivity contribution in [3.63, 3.8) is 0 Å². The van der Waals surface area contributed by atoms with Crippen molar-refractivity contribution in [2.45, 2.75) is 90.4 Å². The highest BCUT2D eigenvalue weighted by Gasteiger charge is 2.68. The van der Waals surface area contributed by atoms with Crippen LogP contribution in [-0.4, -0.2) is 52.4 Å². The zero-order chi connectivity index (χ0) is 23.5. The minimum atomic E-state index is -1.60. The minimum Gasteiger partial charge on any atom is -0.462 e. The number of esters is 2. The maximum absolute atomic E-state index is 12.6. The van der Waals surface area contributed by atoms with Crippen LogP contribution in [0.1, 0.15) is 72.6 Å². The average molecular weight is 449 g/mol. The van der Waals surface area contributed by atoms with Crippen LogP contribution in [0.4, 0.5) is 0 Å². The SMILES string of the molecule is CC(=O)OC1CC[C@@]2(C)C(=CC[C@@H]3[C@@H]2C(OC(C)=O)C[C@@]2(C)[C@H]3CC[C@]2(O)C(=O)CO)C1. The van der Waals surface area contributed by atoms with Crippen LogP contribution in [0, 0.1) is 28.6 Å². The molecule has 0 bridgehead atoms. The van der Waals surface area contributed by atoms with Crippen LogP contribution in [0.2, 0.25) is 0 Å². The number of carbonyl (C=O) groups is 3. The number of rotatable bonds is 4. The van der Waals surface area contributed by atoms with E-state index in [4.69, 9.17) is 9.47 Å². The topological polar surface area (TPSA) is 110 Å². The van der Waals surface area contributed by atoms with Crippen LogP contribution in [0.3, 0.4) is 0 Å². The number of hydrogen-bond donors (Lipinski definition) is 2. The molecule has 178 valence electrons. The van der Waals surface area contributed by atoms with Gasteiger partial charge in [-0.2, -0.15) is 0 Å². The van der Waals surface area contributed by atoms with Gasteiger partial charge in [0, 0.05) is 31.6 Å². The molecule has 0 radical (unpaired) electrons. The molecular weight excluding hydrogens is 412 g/mol. The molecule has 7 nitrogen and oxygen atoms in total. The quantitative estimate of drug-likeness (QED) is 0.503. The maximum Gasteiger partial charge on any atom is 0.302 e. The summed E-state index contributed by atoms with van der Waals surface area (Å²) in [6.07, 6.45) is 6.22. The summed E-state index contributed by atoms with van der Waals surface area (Å²) in [6, 6.07) is 0. The highest BCUT2D eigenvalue weighted by molar-refractivity contribution is 5.89. The number of Topliss-reactive ketones (excluding diaryl/α,β-unsaturated/α-hetero) is 1. The normalized spacial score (nSPS) is 45.1. The molecule has 4 rings (SSSR count). The van der Waals surface area contributed by atoms with Gasteiger partial charge in [0.2, 0.25) is 0 Å². The third kappa shape index (κ3) is 3.35. The van der Waals surface area contributed by atoms with Gasteiger partial charge in [-0.15, -0.1) is 0 Å². The van der Waals surface area contributed by atoms with Crippen molar-refractivity contribution < 1.29 is 34.1 Å². The largest absolute Gasteiger partial charge is 0.462 e. The first-order chi connectivity index (χ1) is 15.0. The van der Waals surface area contributed by atoms with Gasteiger partial charge >= 0.3 is 11.9 Å². The Kier molecular flexibility index (Phi) is 5.82. The summed E-state index contributed by atoms with van der Waals surface area (Å²) in [5.74, 6) is -0.827. The molecule has 2 unspecified atom stereocenters. The van der Waals surface area contributed by atoms with Gasteiger partial charge in [0.05, 0.1) is 0 Å². The number of allylic oxidation sites excluding steroid dienone is 1. The van der Waals surface area contributed by atoms with Crippen molar-refractivity contribution in [3.8, 4) is 0 Å². The van der Waals surface area contributed by atoms with Gasteiger partial charge in [0.15, 0.2) is 5.78 Å². The van der Waals surface area contributed by atoms with Crippen molar-refractivity contribution in [2.24, 2.45) is 28.6 Å². The standard InChI is InChI=1S/C25H36O7/c1-14(27)31-17-7-9-23(3)16(11-17)5-6-18-19-8-10-25(30,21(29)13-26)24(19,4)12-20(22(18)23)32-15(2)28/h5,17-20,22,26,30H,6-13H2,1-4H3/t17?,18-,19-,20?,22+,23-,24-,25-/m0/s1. The van der Waals surface area contributed by atoms with Crippen LogP contribution in [0.15, 0.2) is 11.6 Å². The van der Waals surface area contributed by atoms with E-state index in [2.05, 4.69) is 13.0 Å². The summed E-state index contributed by atoms with van der Waals surface area (Å²) in [4.78, 5) is 36.2. The Morgan fingerprint density at radius 3 is 2.41 bits per heavy atom. The van der Waals surface area contributed by atoms with E-state index in [1.165, 1.54) is 19.4 Å². The molecule has 0 aromatic rings. The van der Waals surface area contributed by atoms with Gasteiger partial charge < -0.3 is 19.7 Å². The summed E-state index contributed by atoms with van der Waals surface area (Å²) in [5.41, 5.74) is -1.29. The predicted octanol–water partition coefficient (Wildman–Crippen LogP) is 2.72. The Bertz CT molecular complexity index is 849. The third-order valence-electron chi connectivity index (χ3n) is 9.38. The molecule has 0 amide bonds. The Morgan fingerprint density at radius 1 is 1.09 bits per heavy atom. The molecule has 0 heterocycles.